The van der Waals surface area contributed by atoms with E-state index in [1.54, 1.807) is 0 Å². The molecule has 1 fully saturated rings. The Hall–Kier alpha value is -1.84. The first-order valence-electron chi connectivity index (χ1n) is 9.07. The third-order valence-corrected chi connectivity index (χ3v) is 4.66. The lowest BCUT2D eigenvalue weighted by Crippen LogP contribution is -2.38. The first-order chi connectivity index (χ1) is 11.5. The van der Waals surface area contributed by atoms with Gasteiger partial charge < -0.3 is 10.2 Å². The normalized spacial score (nSPS) is 18.9. The maximum Gasteiger partial charge on any atom is 0.225 e. The molecule has 1 aliphatic heterocycles. The lowest BCUT2D eigenvalue weighted by atomic mass is 10.0. The lowest BCUT2D eigenvalue weighted by molar-refractivity contribution is -0.129. The Kier molecular flexibility index (Phi) is 6.83. The number of nitrogens with one attached hydrogen (secondary N) is 1. The first-order valence-corrected chi connectivity index (χ1v) is 9.07. The number of rotatable bonds is 8. The SMILES string of the molecule is CC(C)CCC(C)NC(=O)C1CC(=O)N(CCc2ccccc2)C1. The number of benzene rings is 1. The van der Waals surface area contributed by atoms with E-state index >= 15 is 0 Å². The van der Waals surface area contributed by atoms with Crippen LogP contribution in [0.2, 0.25) is 0 Å². The maximum absolute atomic E-state index is 12.4. The first kappa shape index (κ1) is 18.5. The molecule has 1 aliphatic rings. The van der Waals surface area contributed by atoms with E-state index in [1.807, 2.05) is 30.0 Å². The Bertz CT molecular complexity index is 542. The average Bonchev–Trinajstić information content (AvgIpc) is 2.93. The molecule has 0 saturated carbocycles. The van der Waals surface area contributed by atoms with Crippen molar-refractivity contribution in [3.8, 4) is 0 Å². The predicted octanol–water partition coefficient (Wildman–Crippen LogP) is 3.02. The zero-order chi connectivity index (χ0) is 17.5. The molecule has 2 atom stereocenters. The quantitative estimate of drug-likeness (QED) is 0.796. The standard InChI is InChI=1S/C20H30N2O2/c1-15(2)9-10-16(3)21-20(24)18-13-19(23)22(14-18)12-11-17-7-5-4-6-8-17/h4-8,15-16,18H,9-14H2,1-3H3,(H,21,24). The van der Waals surface area contributed by atoms with Crippen molar-refractivity contribution in [3.63, 3.8) is 0 Å². The van der Waals surface area contributed by atoms with Crippen LogP contribution in [0.15, 0.2) is 30.3 Å². The van der Waals surface area contributed by atoms with Crippen LogP contribution in [0.3, 0.4) is 0 Å². The molecule has 24 heavy (non-hydrogen) atoms. The maximum atomic E-state index is 12.4. The van der Waals surface area contributed by atoms with Gasteiger partial charge in [0.1, 0.15) is 0 Å². The van der Waals surface area contributed by atoms with Gasteiger partial charge in [-0.3, -0.25) is 9.59 Å². The van der Waals surface area contributed by atoms with Crippen LogP contribution in [-0.2, 0) is 16.0 Å². The molecule has 4 heteroatoms. The zero-order valence-corrected chi connectivity index (χ0v) is 15.1. The third kappa shape index (κ3) is 5.66. The molecule has 1 saturated heterocycles. The fourth-order valence-corrected chi connectivity index (χ4v) is 3.09. The second-order valence-corrected chi connectivity index (χ2v) is 7.36. The number of amides is 2. The van der Waals surface area contributed by atoms with Gasteiger partial charge in [0.2, 0.25) is 11.8 Å². The number of nitrogens with zero attached hydrogens (tertiary/aromatic N) is 1. The van der Waals surface area contributed by atoms with Gasteiger partial charge in [0.05, 0.1) is 5.92 Å². The van der Waals surface area contributed by atoms with E-state index in [0.29, 0.717) is 25.4 Å². The second kappa shape index (κ2) is 8.86. The lowest BCUT2D eigenvalue weighted by Gasteiger charge is -2.19. The van der Waals surface area contributed by atoms with Crippen LogP contribution in [0.25, 0.3) is 0 Å². The number of carbonyl (C=O) groups excluding carboxylic acids is 2. The van der Waals surface area contributed by atoms with Crippen LogP contribution in [0.5, 0.6) is 0 Å². The molecule has 1 heterocycles. The smallest absolute Gasteiger partial charge is 0.225 e. The highest BCUT2D eigenvalue weighted by Gasteiger charge is 2.34. The molecule has 2 unspecified atom stereocenters. The van der Waals surface area contributed by atoms with E-state index in [2.05, 4.69) is 31.3 Å². The summed E-state index contributed by atoms with van der Waals surface area (Å²) in [7, 11) is 0. The molecule has 1 aromatic carbocycles. The van der Waals surface area contributed by atoms with E-state index in [1.165, 1.54) is 5.56 Å². The molecule has 0 aliphatic carbocycles. The van der Waals surface area contributed by atoms with Crippen molar-refractivity contribution >= 4 is 11.8 Å². The van der Waals surface area contributed by atoms with Crippen LogP contribution in [0.4, 0.5) is 0 Å². The third-order valence-electron chi connectivity index (χ3n) is 4.66. The fourth-order valence-electron chi connectivity index (χ4n) is 3.09. The van der Waals surface area contributed by atoms with Crippen molar-refractivity contribution in [2.75, 3.05) is 13.1 Å². The van der Waals surface area contributed by atoms with Crippen molar-refractivity contribution in [1.29, 1.82) is 0 Å². The minimum atomic E-state index is -0.199. The van der Waals surface area contributed by atoms with E-state index in [4.69, 9.17) is 0 Å². The molecule has 4 nitrogen and oxygen atoms in total. The molecule has 0 spiro atoms. The Labute approximate surface area is 145 Å². The number of likely N-dealkylation sites (tertiary alicyclic amines) is 1. The van der Waals surface area contributed by atoms with Gasteiger partial charge in [-0.05, 0) is 37.7 Å². The van der Waals surface area contributed by atoms with E-state index in [0.717, 1.165) is 19.3 Å². The molecule has 0 aromatic heterocycles. The van der Waals surface area contributed by atoms with Gasteiger partial charge in [0.25, 0.3) is 0 Å². The van der Waals surface area contributed by atoms with Crippen molar-refractivity contribution in [2.45, 2.75) is 52.5 Å². The van der Waals surface area contributed by atoms with E-state index < -0.39 is 0 Å². The highest BCUT2D eigenvalue weighted by Crippen LogP contribution is 2.19. The van der Waals surface area contributed by atoms with Crippen LogP contribution in [0, 0.1) is 11.8 Å². The van der Waals surface area contributed by atoms with Crippen molar-refractivity contribution in [1.82, 2.24) is 10.2 Å². The number of carbonyl (C=O) groups is 2. The van der Waals surface area contributed by atoms with Gasteiger partial charge in [-0.2, -0.15) is 0 Å². The summed E-state index contributed by atoms with van der Waals surface area (Å²) in [5, 5.41) is 3.07. The Morgan fingerprint density at radius 3 is 2.58 bits per heavy atom. The molecule has 0 radical (unpaired) electrons. The van der Waals surface area contributed by atoms with Gasteiger partial charge >= 0.3 is 0 Å². The van der Waals surface area contributed by atoms with Crippen molar-refractivity contribution in [2.24, 2.45) is 11.8 Å². The van der Waals surface area contributed by atoms with Crippen LogP contribution in [-0.4, -0.2) is 35.8 Å². The zero-order valence-electron chi connectivity index (χ0n) is 15.1. The van der Waals surface area contributed by atoms with Crippen molar-refractivity contribution < 1.29 is 9.59 Å². The summed E-state index contributed by atoms with van der Waals surface area (Å²) in [5.74, 6) is 0.573. The molecular formula is C20H30N2O2. The number of hydrogen-bond donors (Lipinski definition) is 1. The Balaban J connectivity index is 1.77. The molecular weight excluding hydrogens is 300 g/mol. The second-order valence-electron chi connectivity index (χ2n) is 7.36. The monoisotopic (exact) mass is 330 g/mol. The van der Waals surface area contributed by atoms with E-state index in [-0.39, 0.29) is 23.8 Å². The van der Waals surface area contributed by atoms with Gasteiger partial charge in [0.15, 0.2) is 0 Å². The largest absolute Gasteiger partial charge is 0.353 e. The Morgan fingerprint density at radius 1 is 1.21 bits per heavy atom. The fraction of sp³-hybridized carbons (Fsp3) is 0.600. The van der Waals surface area contributed by atoms with Gasteiger partial charge in [0, 0.05) is 25.6 Å². The molecule has 2 amide bonds. The summed E-state index contributed by atoms with van der Waals surface area (Å²) in [6.45, 7) is 7.66. The van der Waals surface area contributed by atoms with Crippen LogP contribution in [0.1, 0.15) is 45.6 Å². The Morgan fingerprint density at radius 2 is 1.92 bits per heavy atom. The molecule has 0 bridgehead atoms. The predicted molar refractivity (Wildman–Crippen MR) is 96.5 cm³/mol. The summed E-state index contributed by atoms with van der Waals surface area (Å²) in [4.78, 5) is 26.4. The minimum Gasteiger partial charge on any atom is -0.353 e. The summed E-state index contributed by atoms with van der Waals surface area (Å²) >= 11 is 0. The summed E-state index contributed by atoms with van der Waals surface area (Å²) in [5.41, 5.74) is 1.22. The molecule has 1 aromatic rings. The average molecular weight is 330 g/mol. The summed E-state index contributed by atoms with van der Waals surface area (Å²) in [6.07, 6.45) is 3.28. The van der Waals surface area contributed by atoms with Crippen molar-refractivity contribution in [3.05, 3.63) is 35.9 Å². The van der Waals surface area contributed by atoms with Gasteiger partial charge in [-0.25, -0.2) is 0 Å². The number of hydrogen-bond acceptors (Lipinski definition) is 2. The molecule has 1 N–H and O–H groups in total. The summed E-state index contributed by atoms with van der Waals surface area (Å²) < 4.78 is 0. The van der Waals surface area contributed by atoms with Gasteiger partial charge in [-0.15, -0.1) is 0 Å². The minimum absolute atomic E-state index is 0.0295. The topological polar surface area (TPSA) is 49.4 Å². The van der Waals surface area contributed by atoms with E-state index in [9.17, 15) is 9.59 Å². The van der Waals surface area contributed by atoms with Crippen LogP contribution >= 0.6 is 0 Å². The summed E-state index contributed by atoms with van der Waals surface area (Å²) in [6, 6.07) is 10.3. The highest BCUT2D eigenvalue weighted by atomic mass is 16.2. The van der Waals surface area contributed by atoms with Gasteiger partial charge in [-0.1, -0.05) is 44.2 Å². The molecule has 132 valence electrons. The highest BCUT2D eigenvalue weighted by molar-refractivity contribution is 5.89. The molecule has 2 rings (SSSR count). The van der Waals surface area contributed by atoms with Crippen LogP contribution < -0.4 is 5.32 Å².